The van der Waals surface area contributed by atoms with E-state index in [4.69, 9.17) is 26.2 Å². The molecule has 2 unspecified atom stereocenters. The third kappa shape index (κ3) is 24.5. The molecule has 1 saturated carbocycles. The molecular formula is C101H123F3N20O14S4. The van der Waals surface area contributed by atoms with Gasteiger partial charge >= 0.3 is 0 Å². The summed E-state index contributed by atoms with van der Waals surface area (Å²) < 4.78 is 161. The van der Waals surface area contributed by atoms with Gasteiger partial charge in [-0.25, -0.2) is 91.9 Å². The molecule has 16 rings (SSSR count). The number of anilines is 6. The zero-order chi connectivity index (χ0) is 104. The smallest absolute Gasteiger partial charge is 0.281 e. The lowest BCUT2D eigenvalue weighted by molar-refractivity contribution is 0.0807. The van der Waals surface area contributed by atoms with Gasteiger partial charge in [0.05, 0.1) is 39.3 Å². The number of pyridine rings is 8. The van der Waals surface area contributed by atoms with Crippen molar-refractivity contribution in [1.29, 1.82) is 0 Å². The molecule has 4 amide bonds. The number of sulfonamides is 4. The van der Waals surface area contributed by atoms with Crippen LogP contribution in [0.3, 0.4) is 0 Å². The number of rotatable bonds is 23. The minimum Gasteiger partial charge on any atom is -0.474 e. The molecule has 41 heteroatoms. The number of hydrogen-bond acceptors (Lipinski definition) is 28. The van der Waals surface area contributed by atoms with Gasteiger partial charge in [0.15, 0.2) is 27.4 Å². The molecule has 13 heterocycles. The number of nitrogens with zero attached hydrogens (tertiary/aromatic N) is 13. The first-order chi connectivity index (χ1) is 66.4. The maximum atomic E-state index is 14.5. The summed E-state index contributed by atoms with van der Waals surface area (Å²) in [6.45, 7) is 40.2. The van der Waals surface area contributed by atoms with E-state index in [1.807, 2.05) is 68.6 Å². The van der Waals surface area contributed by atoms with Crippen LogP contribution >= 0.6 is 0 Å². The molecular weight excluding hydrogens is 1900 g/mol. The summed E-state index contributed by atoms with van der Waals surface area (Å²) in [4.78, 5) is 105. The monoisotopic (exact) mass is 2020 g/mol. The average Bonchev–Trinajstić information content (AvgIpc) is 1.57. The molecule has 0 bridgehead atoms. The summed E-state index contributed by atoms with van der Waals surface area (Å²) in [5.74, 6) is -3.39. The fourth-order valence-electron chi connectivity index (χ4n) is 19.7. The standard InChI is InChI=1S/C26H36N4O4S.C26H30N4O4S.C25H33N7O3S.C24H24F3N5O3S/c1-18-15-26(4,5)30(17-18)23-20(10-8-14-27-23)24(31)29-35(32,33)22-12-6-11-21(28-22)34-19-9-7-13-25(2,3)16-19;1-16-8-9-19(18(3)13-16)21-11-10-20(23(28-21)30-15-17(2)14-26(30,4)5)24(31)29-35(33,34)22-7-6-12-27-25(22)32;1-16(2)13-18-10-12-32(29-18)21-9-8-19(23(28-21)31-15-17(3)14-25(31,4)5)24(33)30-36(34,35)20-7-6-11-27-22(20)26;1-13-11-24(2,3)32(12-13)22-14(23(33)31-36(34,35)20-5-4-8-29-21(20)28)6-7-19(30-22)15-9-17(26)18(27)10-16(15)25/h6,8,10-12,14,18-19H,7,9,13,15-17H2,1-5H3,(H,29,31);6-13,17H,14-15H2,1-5H3,(H,27,32)(H,29,31);6-12,16-17H,13-15H2,1-5H3,(H2,26,27)(H,30,33);4-10,13H,11-12H2,1-3H3,(H2,28,29)(H,31,33)/t;2*17-;13-/m.000/s1. The Kier molecular flexibility index (Phi) is 31.2. The molecule has 5 fully saturated rings. The maximum absolute atomic E-state index is 14.5. The normalized spacial score (nSPS) is 18.9. The van der Waals surface area contributed by atoms with Crippen LogP contribution in [0.25, 0.3) is 28.3 Å². The summed E-state index contributed by atoms with van der Waals surface area (Å²) in [6.07, 6.45) is 15.8. The van der Waals surface area contributed by atoms with E-state index in [1.54, 1.807) is 59.4 Å². The number of benzene rings is 2. The Morgan fingerprint density at radius 1 is 0.479 bits per heavy atom. The van der Waals surface area contributed by atoms with Crippen molar-refractivity contribution in [3.05, 3.63) is 237 Å². The predicted octanol–water partition coefficient (Wildman–Crippen LogP) is 15.4. The van der Waals surface area contributed by atoms with Crippen molar-refractivity contribution in [1.82, 2.24) is 68.5 Å². The molecule has 9 N–H and O–H groups in total. The third-order valence-electron chi connectivity index (χ3n) is 25.7. The van der Waals surface area contributed by atoms with E-state index >= 15 is 0 Å². The number of aromatic nitrogens is 10. The SMILES string of the molecule is CC(C)Cc1ccn(-c2ccc(C(=O)NS(=O)(=O)c3cccnc3N)c(N3C[C@@H](C)CC3(C)C)n2)n1.CC1CN(c2ncccc2C(=O)NS(=O)(=O)c2cccc(OC3CCCC(C)(C)C3)n2)C(C)(C)C1.C[C@@H]1CN(c2nc(-c3cc(F)c(F)cc3F)ccc2C(=O)NS(=O)(=O)c2cccnc2N)C(C)(C)C1.Cc1ccc(-c2ccc(C(=O)NS(=O)(=O)c3ccc[nH]c3=O)c(N3C[C@@H](C)CC3(C)C)n2)c(C)c1. The van der Waals surface area contributed by atoms with E-state index in [2.05, 4.69) is 160 Å². The molecule has 1 aliphatic carbocycles. The number of nitrogens with two attached hydrogens (primary N) is 2. The molecule has 4 saturated heterocycles. The predicted molar refractivity (Wildman–Crippen MR) is 538 cm³/mol. The Balaban J connectivity index is 0.000000159. The quantitative estimate of drug-likeness (QED) is 0.0292. The average molecular weight is 2030 g/mol. The van der Waals surface area contributed by atoms with Gasteiger partial charge in [-0.2, -0.15) is 18.5 Å². The van der Waals surface area contributed by atoms with Crippen LogP contribution in [0.1, 0.15) is 220 Å². The van der Waals surface area contributed by atoms with Gasteiger partial charge in [0.2, 0.25) is 5.88 Å². The van der Waals surface area contributed by atoms with Gasteiger partial charge in [-0.05, 0) is 271 Å². The fraction of sp³-hybridized carbons (Fsp3) is 0.416. The van der Waals surface area contributed by atoms with E-state index in [-0.39, 0.29) is 106 Å². The summed E-state index contributed by atoms with van der Waals surface area (Å²) in [5, 5.41) is 4.39. The molecule has 0 radical (unpaired) electrons. The maximum Gasteiger partial charge on any atom is 0.281 e. The number of carbonyl (C=O) groups is 4. The Hall–Kier alpha value is -13.3. The molecule has 5 atom stereocenters. The summed E-state index contributed by atoms with van der Waals surface area (Å²) >= 11 is 0. The Labute approximate surface area is 827 Å². The fourth-order valence-corrected chi connectivity index (χ4v) is 23.7. The van der Waals surface area contributed by atoms with Gasteiger partial charge < -0.3 is 40.8 Å². The number of carbonyl (C=O) groups excluding carboxylic acids is 4. The Morgan fingerprint density at radius 3 is 1.39 bits per heavy atom. The molecule has 5 aliphatic rings. The van der Waals surface area contributed by atoms with E-state index in [0.717, 1.165) is 92.8 Å². The van der Waals surface area contributed by atoms with Crippen molar-refractivity contribution >= 4 is 98.6 Å². The van der Waals surface area contributed by atoms with E-state index in [1.165, 1.54) is 67.1 Å². The van der Waals surface area contributed by atoms with Crippen molar-refractivity contribution in [3.8, 4) is 34.2 Å². The minimum absolute atomic E-state index is 0.0112. The molecule has 9 aromatic heterocycles. The molecule has 4 aliphatic heterocycles. The number of aromatic amines is 1. The molecule has 756 valence electrons. The highest BCUT2D eigenvalue weighted by Gasteiger charge is 2.45. The van der Waals surface area contributed by atoms with E-state index in [0.29, 0.717) is 84.4 Å². The van der Waals surface area contributed by atoms with Crippen LogP contribution in [0.15, 0.2) is 195 Å². The lowest BCUT2D eigenvalue weighted by Crippen LogP contribution is -2.41. The molecule has 34 nitrogen and oxygen atoms in total. The first-order valence-electron chi connectivity index (χ1n) is 46.8. The number of H-pyrrole nitrogens is 1. The van der Waals surface area contributed by atoms with Crippen LogP contribution in [0.5, 0.6) is 5.88 Å². The van der Waals surface area contributed by atoms with E-state index < -0.39 is 97.2 Å². The van der Waals surface area contributed by atoms with Gasteiger partial charge in [0.25, 0.3) is 69.3 Å². The van der Waals surface area contributed by atoms with Gasteiger partial charge in [-0.15, -0.1) is 0 Å². The lowest BCUT2D eigenvalue weighted by atomic mass is 9.76. The van der Waals surface area contributed by atoms with Crippen LogP contribution in [-0.4, -0.2) is 161 Å². The molecule has 11 aromatic rings. The van der Waals surface area contributed by atoms with Crippen LogP contribution in [0, 0.1) is 66.3 Å². The number of halogens is 3. The van der Waals surface area contributed by atoms with Crippen LogP contribution in [0.2, 0.25) is 0 Å². The van der Waals surface area contributed by atoms with Crippen molar-refractivity contribution < 1.29 is 70.8 Å². The summed E-state index contributed by atoms with van der Waals surface area (Å²) in [7, 11) is -17.2. The summed E-state index contributed by atoms with van der Waals surface area (Å²) in [5.41, 5.74) is 14.4. The van der Waals surface area contributed by atoms with E-state index in [9.17, 15) is 70.8 Å². The molecule has 142 heavy (non-hydrogen) atoms. The van der Waals surface area contributed by atoms with Crippen molar-refractivity contribution in [2.75, 3.05) is 57.2 Å². The first kappa shape index (κ1) is 106. The second-order valence-electron chi connectivity index (χ2n) is 41.1. The number of aryl methyl sites for hydroxylation is 2. The first-order valence-corrected chi connectivity index (χ1v) is 52.7. The second-order valence-corrected chi connectivity index (χ2v) is 47.7. The minimum atomic E-state index is -4.38. The van der Waals surface area contributed by atoms with Gasteiger partial charge in [-0.1, -0.05) is 85.2 Å². The zero-order valence-electron chi connectivity index (χ0n) is 82.8. The highest BCUT2D eigenvalue weighted by molar-refractivity contribution is 7.91. The van der Waals surface area contributed by atoms with Crippen LogP contribution in [0.4, 0.5) is 48.1 Å². The van der Waals surface area contributed by atoms with Gasteiger partial charge in [-0.3, -0.25) is 24.0 Å². The number of nitrogens with one attached hydrogen (secondary N) is 5. The number of ether oxygens (including phenoxy) is 1. The number of hydrogen-bond donors (Lipinski definition) is 7. The Morgan fingerprint density at radius 2 is 0.923 bits per heavy atom. The largest absolute Gasteiger partial charge is 0.474 e. The van der Waals surface area contributed by atoms with Crippen molar-refractivity contribution in [2.24, 2.45) is 35.0 Å². The van der Waals surface area contributed by atoms with Crippen molar-refractivity contribution in [3.63, 3.8) is 0 Å². The van der Waals surface area contributed by atoms with Crippen molar-refractivity contribution in [2.45, 2.75) is 230 Å². The number of nitrogen functional groups attached to an aromatic ring is 2. The third-order valence-corrected chi connectivity index (χ3v) is 31.1. The second kappa shape index (κ2) is 41.7. The topological polar surface area (TPSA) is 468 Å². The highest BCUT2D eigenvalue weighted by Crippen LogP contribution is 2.45. The van der Waals surface area contributed by atoms with Gasteiger partial charge in [0.1, 0.15) is 56.6 Å². The molecule has 0 spiro atoms. The number of amides is 4. The Bertz CT molecular complexity index is 7190. The van der Waals surface area contributed by atoms with Crippen LogP contribution < -0.4 is 60.3 Å². The zero-order valence-corrected chi connectivity index (χ0v) is 86.0. The van der Waals surface area contributed by atoms with Gasteiger partial charge in [0, 0.05) is 103 Å². The lowest BCUT2D eigenvalue weighted by Gasteiger charge is -2.34. The highest BCUT2D eigenvalue weighted by atomic mass is 32.2. The molecule has 2 aromatic carbocycles. The van der Waals surface area contributed by atoms with Crippen LogP contribution in [-0.2, 0) is 46.5 Å². The summed E-state index contributed by atoms with van der Waals surface area (Å²) in [6, 6.07) is 33.9.